The first-order valence-corrected chi connectivity index (χ1v) is 10.4. The van der Waals surface area contributed by atoms with Crippen LogP contribution in [-0.4, -0.2) is 43.8 Å². The lowest BCUT2D eigenvalue weighted by Crippen LogP contribution is -2.39. The number of hydrogen-bond donors (Lipinski definition) is 0. The number of rotatable bonds is 10. The molecule has 1 heterocycles. The quantitative estimate of drug-likeness (QED) is 0.599. The van der Waals surface area contributed by atoms with Crippen molar-refractivity contribution < 1.29 is 4.74 Å². The SMILES string of the molecule is CC(C)COCC1CCCN1CCN(Cc1ccccc1)c1ccccc1. The molecule has 0 aromatic heterocycles. The summed E-state index contributed by atoms with van der Waals surface area (Å²) in [6, 6.07) is 22.1. The van der Waals surface area contributed by atoms with Crippen LogP contribution in [0, 0.1) is 5.92 Å². The summed E-state index contributed by atoms with van der Waals surface area (Å²) in [4.78, 5) is 5.13. The van der Waals surface area contributed by atoms with E-state index in [0.717, 1.165) is 32.8 Å². The molecule has 3 heteroatoms. The van der Waals surface area contributed by atoms with Crippen molar-refractivity contribution in [2.75, 3.05) is 37.7 Å². The second-order valence-electron chi connectivity index (χ2n) is 8.01. The first-order chi connectivity index (χ1) is 13.2. The summed E-state index contributed by atoms with van der Waals surface area (Å²) in [7, 11) is 0. The molecule has 3 nitrogen and oxygen atoms in total. The van der Waals surface area contributed by atoms with Crippen LogP contribution in [-0.2, 0) is 11.3 Å². The summed E-state index contributed by atoms with van der Waals surface area (Å²) < 4.78 is 5.94. The largest absolute Gasteiger partial charge is 0.380 e. The summed E-state index contributed by atoms with van der Waals surface area (Å²) in [5.41, 5.74) is 2.66. The summed E-state index contributed by atoms with van der Waals surface area (Å²) >= 11 is 0. The van der Waals surface area contributed by atoms with Crippen LogP contribution in [0.3, 0.4) is 0 Å². The van der Waals surface area contributed by atoms with Gasteiger partial charge in [-0.2, -0.15) is 0 Å². The van der Waals surface area contributed by atoms with E-state index in [1.807, 2.05) is 0 Å². The van der Waals surface area contributed by atoms with Crippen LogP contribution in [0.4, 0.5) is 5.69 Å². The summed E-state index contributed by atoms with van der Waals surface area (Å²) in [6.07, 6.45) is 2.56. The number of benzene rings is 2. The Bertz CT molecular complexity index is 644. The maximum absolute atomic E-state index is 5.94. The van der Waals surface area contributed by atoms with Crippen molar-refractivity contribution in [2.45, 2.75) is 39.3 Å². The number of ether oxygens (including phenoxy) is 1. The third-order valence-electron chi connectivity index (χ3n) is 5.26. The fourth-order valence-corrected chi connectivity index (χ4v) is 3.81. The third kappa shape index (κ3) is 6.37. The molecule has 0 spiro atoms. The molecule has 0 amide bonds. The minimum absolute atomic E-state index is 0.582. The van der Waals surface area contributed by atoms with Gasteiger partial charge in [-0.15, -0.1) is 0 Å². The summed E-state index contributed by atoms with van der Waals surface area (Å²) in [5.74, 6) is 0.610. The maximum atomic E-state index is 5.94. The second kappa shape index (κ2) is 10.5. The van der Waals surface area contributed by atoms with Crippen LogP contribution in [0.15, 0.2) is 60.7 Å². The Hall–Kier alpha value is -1.84. The van der Waals surface area contributed by atoms with Crippen molar-refractivity contribution in [3.05, 3.63) is 66.2 Å². The molecule has 1 saturated heterocycles. The van der Waals surface area contributed by atoms with E-state index < -0.39 is 0 Å². The molecular formula is C24H34N2O. The zero-order valence-corrected chi connectivity index (χ0v) is 16.9. The maximum Gasteiger partial charge on any atom is 0.0621 e. The van der Waals surface area contributed by atoms with E-state index in [2.05, 4.69) is 84.3 Å². The molecule has 3 rings (SSSR count). The zero-order chi connectivity index (χ0) is 18.9. The Morgan fingerprint density at radius 1 is 1.04 bits per heavy atom. The third-order valence-corrected chi connectivity index (χ3v) is 5.26. The second-order valence-corrected chi connectivity index (χ2v) is 8.01. The molecule has 0 radical (unpaired) electrons. The van der Waals surface area contributed by atoms with Gasteiger partial charge in [0.25, 0.3) is 0 Å². The van der Waals surface area contributed by atoms with Crippen molar-refractivity contribution in [3.8, 4) is 0 Å². The molecule has 27 heavy (non-hydrogen) atoms. The van der Waals surface area contributed by atoms with Crippen LogP contribution >= 0.6 is 0 Å². The predicted molar refractivity (Wildman–Crippen MR) is 114 cm³/mol. The smallest absolute Gasteiger partial charge is 0.0621 e. The Kier molecular flexibility index (Phi) is 7.73. The van der Waals surface area contributed by atoms with Crippen molar-refractivity contribution in [1.82, 2.24) is 4.90 Å². The first-order valence-electron chi connectivity index (χ1n) is 10.4. The normalized spacial score (nSPS) is 17.5. The molecular weight excluding hydrogens is 332 g/mol. The highest BCUT2D eigenvalue weighted by Crippen LogP contribution is 2.20. The van der Waals surface area contributed by atoms with Crippen LogP contribution < -0.4 is 4.90 Å². The lowest BCUT2D eigenvalue weighted by Gasteiger charge is -2.30. The lowest BCUT2D eigenvalue weighted by molar-refractivity contribution is 0.0624. The lowest BCUT2D eigenvalue weighted by atomic mass is 10.2. The molecule has 0 aliphatic carbocycles. The molecule has 1 aliphatic heterocycles. The van der Waals surface area contributed by atoms with Crippen molar-refractivity contribution in [2.24, 2.45) is 5.92 Å². The van der Waals surface area contributed by atoms with Crippen LogP contribution in [0.5, 0.6) is 0 Å². The van der Waals surface area contributed by atoms with Gasteiger partial charge in [0.05, 0.1) is 6.61 Å². The highest BCUT2D eigenvalue weighted by molar-refractivity contribution is 5.46. The minimum Gasteiger partial charge on any atom is -0.380 e. The average Bonchev–Trinajstić information content (AvgIpc) is 3.13. The number of para-hydroxylation sites is 1. The van der Waals surface area contributed by atoms with Gasteiger partial charge in [-0.3, -0.25) is 4.90 Å². The van der Waals surface area contributed by atoms with Crippen molar-refractivity contribution >= 4 is 5.69 Å². The Balaban J connectivity index is 1.58. The fourth-order valence-electron chi connectivity index (χ4n) is 3.81. The number of hydrogen-bond acceptors (Lipinski definition) is 3. The van der Waals surface area contributed by atoms with E-state index in [-0.39, 0.29) is 0 Å². The van der Waals surface area contributed by atoms with Crippen molar-refractivity contribution in [3.63, 3.8) is 0 Å². The molecule has 1 aliphatic rings. The van der Waals surface area contributed by atoms with Gasteiger partial charge in [0.1, 0.15) is 0 Å². The van der Waals surface area contributed by atoms with E-state index in [0.29, 0.717) is 12.0 Å². The van der Waals surface area contributed by atoms with Gasteiger partial charge >= 0.3 is 0 Å². The van der Waals surface area contributed by atoms with Crippen molar-refractivity contribution in [1.29, 1.82) is 0 Å². The van der Waals surface area contributed by atoms with Gasteiger partial charge in [-0.1, -0.05) is 62.4 Å². The summed E-state index contributed by atoms with van der Waals surface area (Å²) in [5, 5.41) is 0. The summed E-state index contributed by atoms with van der Waals surface area (Å²) in [6.45, 7) is 10.5. The highest BCUT2D eigenvalue weighted by atomic mass is 16.5. The van der Waals surface area contributed by atoms with Crippen LogP contribution in [0.1, 0.15) is 32.3 Å². The topological polar surface area (TPSA) is 15.7 Å². The Labute approximate surface area is 164 Å². The van der Waals surface area contributed by atoms with Crippen LogP contribution in [0.2, 0.25) is 0 Å². The highest BCUT2D eigenvalue weighted by Gasteiger charge is 2.25. The number of likely N-dealkylation sites (tertiary alicyclic amines) is 1. The van der Waals surface area contributed by atoms with E-state index in [1.54, 1.807) is 0 Å². The number of nitrogens with zero attached hydrogens (tertiary/aromatic N) is 2. The van der Waals surface area contributed by atoms with E-state index in [4.69, 9.17) is 4.74 Å². The van der Waals surface area contributed by atoms with Gasteiger partial charge < -0.3 is 9.64 Å². The molecule has 146 valence electrons. The van der Waals surface area contributed by atoms with Gasteiger partial charge in [0, 0.05) is 38.0 Å². The fraction of sp³-hybridized carbons (Fsp3) is 0.500. The monoisotopic (exact) mass is 366 g/mol. The molecule has 1 unspecified atom stereocenters. The number of anilines is 1. The van der Waals surface area contributed by atoms with Gasteiger partial charge in [-0.05, 0) is 43.0 Å². The molecule has 2 aromatic rings. The molecule has 2 aromatic carbocycles. The molecule has 0 saturated carbocycles. The van der Waals surface area contributed by atoms with E-state index in [1.165, 1.54) is 30.6 Å². The Morgan fingerprint density at radius 3 is 2.44 bits per heavy atom. The van der Waals surface area contributed by atoms with Gasteiger partial charge in [-0.25, -0.2) is 0 Å². The van der Waals surface area contributed by atoms with Gasteiger partial charge in [0.2, 0.25) is 0 Å². The molecule has 0 N–H and O–H groups in total. The first kappa shape index (κ1) is 19.9. The average molecular weight is 367 g/mol. The predicted octanol–water partition coefficient (Wildman–Crippen LogP) is 4.83. The van der Waals surface area contributed by atoms with E-state index >= 15 is 0 Å². The molecule has 0 bridgehead atoms. The molecule has 1 fully saturated rings. The molecule has 1 atom stereocenters. The van der Waals surface area contributed by atoms with Crippen LogP contribution in [0.25, 0.3) is 0 Å². The Morgan fingerprint density at radius 2 is 1.74 bits per heavy atom. The minimum atomic E-state index is 0.582. The zero-order valence-electron chi connectivity index (χ0n) is 16.9. The van der Waals surface area contributed by atoms with E-state index in [9.17, 15) is 0 Å². The van der Waals surface area contributed by atoms with Gasteiger partial charge in [0.15, 0.2) is 0 Å². The standard InChI is InChI=1S/C24H34N2O/c1-21(2)19-27-20-24-14-9-15-25(24)16-17-26(23-12-7-4-8-13-23)18-22-10-5-3-6-11-22/h3-8,10-13,21,24H,9,14-20H2,1-2H3.